The predicted octanol–water partition coefficient (Wildman–Crippen LogP) is 1.55. The minimum atomic E-state index is -0.681. The zero-order chi connectivity index (χ0) is 10.8. The van der Waals surface area contributed by atoms with Crippen molar-refractivity contribution >= 4 is 22.6 Å². The SMILES string of the molecule is C[C@@](N)(CCO)c1cc(I)ccc1O. The van der Waals surface area contributed by atoms with E-state index < -0.39 is 5.54 Å². The van der Waals surface area contributed by atoms with Crippen LogP contribution < -0.4 is 5.73 Å². The zero-order valence-corrected chi connectivity index (χ0v) is 10.2. The van der Waals surface area contributed by atoms with Gasteiger partial charge in [0.05, 0.1) is 0 Å². The fourth-order valence-electron chi connectivity index (χ4n) is 1.33. The van der Waals surface area contributed by atoms with Gasteiger partial charge in [0.2, 0.25) is 0 Å². The third kappa shape index (κ3) is 2.59. The highest BCUT2D eigenvalue weighted by molar-refractivity contribution is 14.1. The Kier molecular flexibility index (Phi) is 3.74. The summed E-state index contributed by atoms with van der Waals surface area (Å²) >= 11 is 2.16. The van der Waals surface area contributed by atoms with E-state index in [0.717, 1.165) is 3.57 Å². The topological polar surface area (TPSA) is 66.5 Å². The summed E-state index contributed by atoms with van der Waals surface area (Å²) in [6.07, 6.45) is 0.431. The minimum Gasteiger partial charge on any atom is -0.508 e. The number of hydrogen-bond donors (Lipinski definition) is 3. The Morgan fingerprint density at radius 2 is 2.14 bits per heavy atom. The van der Waals surface area contributed by atoms with Gasteiger partial charge >= 0.3 is 0 Å². The van der Waals surface area contributed by atoms with Crippen LogP contribution >= 0.6 is 22.6 Å². The van der Waals surface area contributed by atoms with Crippen molar-refractivity contribution in [2.24, 2.45) is 5.73 Å². The maximum Gasteiger partial charge on any atom is 0.120 e. The van der Waals surface area contributed by atoms with E-state index in [1.54, 1.807) is 13.0 Å². The number of phenols is 1. The molecule has 0 unspecified atom stereocenters. The van der Waals surface area contributed by atoms with Crippen molar-refractivity contribution in [3.05, 3.63) is 27.3 Å². The molecule has 0 radical (unpaired) electrons. The van der Waals surface area contributed by atoms with Crippen molar-refractivity contribution in [3.8, 4) is 5.75 Å². The number of hydrogen-bond acceptors (Lipinski definition) is 3. The molecule has 0 spiro atoms. The standard InChI is InChI=1S/C10H14INO2/c1-10(12,4-5-13)8-6-7(11)2-3-9(8)14/h2-3,6,13-14H,4-5,12H2,1H3/t10-/m1/s1. The Morgan fingerprint density at radius 3 is 2.71 bits per heavy atom. The van der Waals surface area contributed by atoms with Gasteiger partial charge in [-0.3, -0.25) is 0 Å². The normalized spacial score (nSPS) is 15.1. The molecule has 78 valence electrons. The summed E-state index contributed by atoms with van der Waals surface area (Å²) in [6.45, 7) is 1.81. The lowest BCUT2D eigenvalue weighted by Gasteiger charge is -2.25. The summed E-state index contributed by atoms with van der Waals surface area (Å²) in [4.78, 5) is 0. The van der Waals surface area contributed by atoms with Crippen LogP contribution in [0.15, 0.2) is 18.2 Å². The highest BCUT2D eigenvalue weighted by Crippen LogP contribution is 2.30. The summed E-state index contributed by atoms with van der Waals surface area (Å²) in [5.74, 6) is 0.184. The van der Waals surface area contributed by atoms with Crippen molar-refractivity contribution in [2.45, 2.75) is 18.9 Å². The quantitative estimate of drug-likeness (QED) is 0.742. The summed E-state index contributed by atoms with van der Waals surface area (Å²) in [7, 11) is 0. The van der Waals surface area contributed by atoms with Crippen molar-refractivity contribution in [3.63, 3.8) is 0 Å². The third-order valence-electron chi connectivity index (χ3n) is 2.21. The second kappa shape index (κ2) is 4.46. The average Bonchev–Trinajstić information content (AvgIpc) is 2.09. The fraction of sp³-hybridized carbons (Fsp3) is 0.400. The van der Waals surface area contributed by atoms with Crippen LogP contribution in [0.2, 0.25) is 0 Å². The average molecular weight is 307 g/mol. The van der Waals surface area contributed by atoms with Gasteiger partial charge < -0.3 is 15.9 Å². The second-order valence-electron chi connectivity index (χ2n) is 3.55. The van der Waals surface area contributed by atoms with Gasteiger partial charge in [0.25, 0.3) is 0 Å². The molecule has 0 saturated carbocycles. The Labute approximate surface area is 97.1 Å². The van der Waals surface area contributed by atoms with Gasteiger partial charge in [0.15, 0.2) is 0 Å². The largest absolute Gasteiger partial charge is 0.508 e. The van der Waals surface area contributed by atoms with Crippen LogP contribution in [0.3, 0.4) is 0 Å². The monoisotopic (exact) mass is 307 g/mol. The van der Waals surface area contributed by atoms with Gasteiger partial charge in [-0.1, -0.05) is 0 Å². The molecule has 1 atom stereocenters. The number of nitrogens with two attached hydrogens (primary N) is 1. The molecular weight excluding hydrogens is 293 g/mol. The first-order valence-corrected chi connectivity index (χ1v) is 5.44. The molecule has 0 aliphatic heterocycles. The van der Waals surface area contributed by atoms with Crippen LogP contribution in [0, 0.1) is 3.57 Å². The van der Waals surface area contributed by atoms with E-state index in [9.17, 15) is 5.11 Å². The van der Waals surface area contributed by atoms with E-state index in [2.05, 4.69) is 22.6 Å². The van der Waals surface area contributed by atoms with E-state index in [-0.39, 0.29) is 12.4 Å². The summed E-state index contributed by atoms with van der Waals surface area (Å²) in [5, 5.41) is 18.5. The Bertz CT molecular complexity index is 326. The first-order valence-electron chi connectivity index (χ1n) is 4.36. The molecule has 1 rings (SSSR count). The Hall–Kier alpha value is -0.330. The number of benzene rings is 1. The van der Waals surface area contributed by atoms with Crippen LogP contribution in [0.4, 0.5) is 0 Å². The maximum atomic E-state index is 9.63. The van der Waals surface area contributed by atoms with Crippen LogP contribution in [0.5, 0.6) is 5.75 Å². The van der Waals surface area contributed by atoms with Crippen molar-refractivity contribution in [1.82, 2.24) is 0 Å². The fourth-order valence-corrected chi connectivity index (χ4v) is 1.82. The van der Waals surface area contributed by atoms with Crippen molar-refractivity contribution < 1.29 is 10.2 Å². The lowest BCUT2D eigenvalue weighted by molar-refractivity contribution is 0.245. The summed E-state index contributed by atoms with van der Waals surface area (Å²) in [6, 6.07) is 5.28. The molecule has 0 amide bonds. The van der Waals surface area contributed by atoms with Crippen LogP contribution in [0.25, 0.3) is 0 Å². The highest BCUT2D eigenvalue weighted by atomic mass is 127. The number of aliphatic hydroxyl groups is 1. The first-order chi connectivity index (χ1) is 6.47. The van der Waals surface area contributed by atoms with Gasteiger partial charge in [-0.15, -0.1) is 0 Å². The lowest BCUT2D eigenvalue weighted by atomic mass is 9.89. The number of aliphatic hydroxyl groups excluding tert-OH is 1. The summed E-state index contributed by atoms with van der Waals surface area (Å²) < 4.78 is 1.02. The smallest absolute Gasteiger partial charge is 0.120 e. The highest BCUT2D eigenvalue weighted by Gasteiger charge is 2.23. The lowest BCUT2D eigenvalue weighted by Crippen LogP contribution is -2.34. The van der Waals surface area contributed by atoms with Gasteiger partial charge in [0.1, 0.15) is 5.75 Å². The van der Waals surface area contributed by atoms with Crippen LogP contribution in [0.1, 0.15) is 18.9 Å². The van der Waals surface area contributed by atoms with Gasteiger partial charge in [-0.25, -0.2) is 0 Å². The number of aromatic hydroxyl groups is 1. The molecule has 0 bridgehead atoms. The molecule has 0 saturated heterocycles. The molecule has 1 aromatic carbocycles. The molecule has 0 aromatic heterocycles. The van der Waals surface area contributed by atoms with Crippen molar-refractivity contribution in [1.29, 1.82) is 0 Å². The predicted molar refractivity (Wildman–Crippen MR) is 64.1 cm³/mol. The van der Waals surface area contributed by atoms with Gasteiger partial charge in [-0.05, 0) is 54.1 Å². The molecule has 0 fully saturated rings. The third-order valence-corrected chi connectivity index (χ3v) is 2.88. The van der Waals surface area contributed by atoms with Gasteiger partial charge in [0, 0.05) is 21.3 Å². The van der Waals surface area contributed by atoms with E-state index in [0.29, 0.717) is 12.0 Å². The molecule has 4 heteroatoms. The number of phenolic OH excluding ortho intramolecular Hbond substituents is 1. The van der Waals surface area contributed by atoms with Crippen LogP contribution in [-0.4, -0.2) is 16.8 Å². The maximum absolute atomic E-state index is 9.63. The number of rotatable bonds is 3. The van der Waals surface area contributed by atoms with Crippen molar-refractivity contribution in [2.75, 3.05) is 6.61 Å². The van der Waals surface area contributed by atoms with E-state index in [4.69, 9.17) is 10.8 Å². The molecule has 3 nitrogen and oxygen atoms in total. The van der Waals surface area contributed by atoms with Gasteiger partial charge in [-0.2, -0.15) is 0 Å². The van der Waals surface area contributed by atoms with E-state index >= 15 is 0 Å². The molecule has 0 aliphatic carbocycles. The summed E-state index contributed by atoms with van der Waals surface area (Å²) in [5.41, 5.74) is 5.99. The Balaban J connectivity index is 3.10. The van der Waals surface area contributed by atoms with Crippen LogP contribution in [-0.2, 0) is 5.54 Å². The minimum absolute atomic E-state index is 0.0118. The molecule has 4 N–H and O–H groups in total. The zero-order valence-electron chi connectivity index (χ0n) is 8.00. The first kappa shape index (κ1) is 11.7. The molecule has 1 aromatic rings. The molecule has 0 heterocycles. The molecular formula is C10H14INO2. The molecule has 14 heavy (non-hydrogen) atoms. The Morgan fingerprint density at radius 1 is 1.50 bits per heavy atom. The second-order valence-corrected chi connectivity index (χ2v) is 4.80. The van der Waals surface area contributed by atoms with E-state index in [1.807, 2.05) is 12.1 Å². The van der Waals surface area contributed by atoms with E-state index in [1.165, 1.54) is 0 Å². The number of halogens is 1. The molecule has 0 aliphatic rings.